The fourth-order valence-electron chi connectivity index (χ4n) is 1.98. The van der Waals surface area contributed by atoms with E-state index in [-0.39, 0.29) is 11.8 Å². The second-order valence-electron chi connectivity index (χ2n) is 4.56. The van der Waals surface area contributed by atoms with E-state index in [0.717, 1.165) is 37.2 Å². The van der Waals surface area contributed by atoms with E-state index in [1.807, 2.05) is 24.3 Å². The third kappa shape index (κ3) is 2.99. The predicted octanol–water partition coefficient (Wildman–Crippen LogP) is 3.05. The lowest BCUT2D eigenvalue weighted by Crippen LogP contribution is -1.99. The Kier molecular flexibility index (Phi) is 3.67. The summed E-state index contributed by atoms with van der Waals surface area (Å²) in [7, 11) is 0. The molecule has 3 nitrogen and oxygen atoms in total. The third-order valence-corrected chi connectivity index (χ3v) is 3.18. The van der Waals surface area contributed by atoms with Crippen molar-refractivity contribution >= 4 is 5.97 Å². The quantitative estimate of drug-likeness (QED) is 0.769. The molecule has 1 N–H and O–H groups in total. The Bertz CT molecular complexity index is 383. The van der Waals surface area contributed by atoms with E-state index >= 15 is 0 Å². The molecule has 1 aromatic rings. The molecular formula is C14H18O3. The van der Waals surface area contributed by atoms with Crippen LogP contribution < -0.4 is 4.74 Å². The topological polar surface area (TPSA) is 46.5 Å². The number of carboxylic acids is 1. The van der Waals surface area contributed by atoms with Crippen LogP contribution in [0.4, 0.5) is 0 Å². The highest BCUT2D eigenvalue weighted by Gasteiger charge is 2.43. The molecule has 2 atom stereocenters. The molecule has 2 unspecified atom stereocenters. The van der Waals surface area contributed by atoms with Gasteiger partial charge in [0.1, 0.15) is 5.75 Å². The molecular weight excluding hydrogens is 216 g/mol. The van der Waals surface area contributed by atoms with E-state index in [9.17, 15) is 4.79 Å². The normalized spacial score (nSPS) is 22.2. The summed E-state index contributed by atoms with van der Waals surface area (Å²) in [5.74, 6) is 0.215. The molecule has 3 heteroatoms. The molecule has 0 amide bonds. The first-order valence-corrected chi connectivity index (χ1v) is 6.18. The number of carboxylic acid groups (broad SMARTS) is 1. The molecule has 92 valence electrons. The Labute approximate surface area is 101 Å². The van der Waals surface area contributed by atoms with Crippen molar-refractivity contribution in [2.45, 2.75) is 32.1 Å². The van der Waals surface area contributed by atoms with Crippen molar-refractivity contribution in [3.63, 3.8) is 0 Å². The molecule has 1 aromatic carbocycles. The first-order valence-electron chi connectivity index (χ1n) is 6.18. The maximum Gasteiger partial charge on any atom is 0.307 e. The van der Waals surface area contributed by atoms with Gasteiger partial charge in [-0.05, 0) is 36.5 Å². The van der Waals surface area contributed by atoms with Gasteiger partial charge in [-0.3, -0.25) is 4.79 Å². The van der Waals surface area contributed by atoms with Crippen LogP contribution in [0.25, 0.3) is 0 Å². The Balaban J connectivity index is 1.88. The highest BCUT2D eigenvalue weighted by atomic mass is 16.5. The highest BCUT2D eigenvalue weighted by molar-refractivity contribution is 5.75. The van der Waals surface area contributed by atoms with Crippen LogP contribution in [-0.2, 0) is 4.79 Å². The Morgan fingerprint density at radius 2 is 2.12 bits per heavy atom. The standard InChI is InChI=1S/C14H18O3/c1-2-3-8-17-11-6-4-10(5-7-11)12-9-13(12)14(15)16/h4-7,12-13H,2-3,8-9H2,1H3,(H,15,16). The second-order valence-corrected chi connectivity index (χ2v) is 4.56. The van der Waals surface area contributed by atoms with Crippen LogP contribution >= 0.6 is 0 Å². The zero-order valence-electron chi connectivity index (χ0n) is 10.1. The summed E-state index contributed by atoms with van der Waals surface area (Å²) >= 11 is 0. The number of aliphatic carboxylic acids is 1. The monoisotopic (exact) mass is 234 g/mol. The molecule has 17 heavy (non-hydrogen) atoms. The fraction of sp³-hybridized carbons (Fsp3) is 0.500. The number of carbonyl (C=O) groups is 1. The van der Waals surface area contributed by atoms with Crippen molar-refractivity contribution in [2.75, 3.05) is 6.61 Å². The van der Waals surface area contributed by atoms with E-state index in [1.54, 1.807) is 0 Å². The Hall–Kier alpha value is -1.51. The number of benzene rings is 1. The van der Waals surface area contributed by atoms with Crippen LogP contribution in [0, 0.1) is 5.92 Å². The minimum atomic E-state index is -0.682. The maximum atomic E-state index is 10.8. The van der Waals surface area contributed by atoms with Gasteiger partial charge in [-0.1, -0.05) is 25.5 Å². The molecule has 0 bridgehead atoms. The van der Waals surface area contributed by atoms with E-state index in [2.05, 4.69) is 6.92 Å². The number of unbranched alkanes of at least 4 members (excludes halogenated alkanes) is 1. The number of rotatable bonds is 6. The lowest BCUT2D eigenvalue weighted by atomic mass is 10.1. The van der Waals surface area contributed by atoms with Gasteiger partial charge in [0, 0.05) is 0 Å². The molecule has 2 rings (SSSR count). The highest BCUT2D eigenvalue weighted by Crippen LogP contribution is 2.47. The Morgan fingerprint density at radius 3 is 2.65 bits per heavy atom. The molecule has 0 aliphatic heterocycles. The van der Waals surface area contributed by atoms with Gasteiger partial charge in [-0.15, -0.1) is 0 Å². The van der Waals surface area contributed by atoms with Gasteiger partial charge < -0.3 is 9.84 Å². The van der Waals surface area contributed by atoms with Gasteiger partial charge in [-0.25, -0.2) is 0 Å². The van der Waals surface area contributed by atoms with Gasteiger partial charge in [0.05, 0.1) is 12.5 Å². The molecule has 0 heterocycles. The minimum absolute atomic E-state index is 0.179. The Morgan fingerprint density at radius 1 is 1.41 bits per heavy atom. The lowest BCUT2D eigenvalue weighted by molar-refractivity contribution is -0.138. The van der Waals surface area contributed by atoms with Crippen LogP contribution in [0.15, 0.2) is 24.3 Å². The van der Waals surface area contributed by atoms with Gasteiger partial charge in [0.25, 0.3) is 0 Å². The van der Waals surface area contributed by atoms with Gasteiger partial charge >= 0.3 is 5.97 Å². The van der Waals surface area contributed by atoms with E-state index in [4.69, 9.17) is 9.84 Å². The maximum absolute atomic E-state index is 10.8. The summed E-state index contributed by atoms with van der Waals surface area (Å²) in [6.07, 6.45) is 2.96. The van der Waals surface area contributed by atoms with Crippen LogP contribution in [0.2, 0.25) is 0 Å². The molecule has 0 radical (unpaired) electrons. The number of hydrogen-bond donors (Lipinski definition) is 1. The van der Waals surface area contributed by atoms with Crippen molar-refractivity contribution in [3.8, 4) is 5.75 Å². The van der Waals surface area contributed by atoms with Crippen molar-refractivity contribution in [1.82, 2.24) is 0 Å². The molecule has 1 fully saturated rings. The molecule has 1 aliphatic carbocycles. The average molecular weight is 234 g/mol. The van der Waals surface area contributed by atoms with Crippen LogP contribution in [0.5, 0.6) is 5.75 Å². The fourth-order valence-corrected chi connectivity index (χ4v) is 1.98. The summed E-state index contributed by atoms with van der Waals surface area (Å²) in [5.41, 5.74) is 1.11. The lowest BCUT2D eigenvalue weighted by Gasteiger charge is -2.06. The van der Waals surface area contributed by atoms with Crippen LogP contribution in [0.3, 0.4) is 0 Å². The van der Waals surface area contributed by atoms with Crippen molar-refractivity contribution in [3.05, 3.63) is 29.8 Å². The summed E-state index contributed by atoms with van der Waals surface area (Å²) < 4.78 is 5.56. The van der Waals surface area contributed by atoms with E-state index in [1.165, 1.54) is 0 Å². The number of hydrogen-bond acceptors (Lipinski definition) is 2. The smallest absolute Gasteiger partial charge is 0.307 e. The van der Waals surface area contributed by atoms with Crippen LogP contribution in [0.1, 0.15) is 37.7 Å². The van der Waals surface area contributed by atoms with Crippen molar-refractivity contribution in [1.29, 1.82) is 0 Å². The third-order valence-electron chi connectivity index (χ3n) is 3.18. The van der Waals surface area contributed by atoms with Gasteiger partial charge in [0.2, 0.25) is 0 Å². The first kappa shape index (κ1) is 12.0. The summed E-state index contributed by atoms with van der Waals surface area (Å²) in [5, 5.41) is 8.86. The average Bonchev–Trinajstić information content (AvgIpc) is 3.10. The molecule has 0 saturated heterocycles. The zero-order valence-corrected chi connectivity index (χ0v) is 10.1. The van der Waals surface area contributed by atoms with E-state index in [0.29, 0.717) is 0 Å². The van der Waals surface area contributed by atoms with Crippen LogP contribution in [-0.4, -0.2) is 17.7 Å². The first-order chi connectivity index (χ1) is 8.22. The molecule has 1 aliphatic rings. The number of ether oxygens (including phenoxy) is 1. The second kappa shape index (κ2) is 5.21. The summed E-state index contributed by atoms with van der Waals surface area (Å²) in [6.45, 7) is 2.88. The van der Waals surface area contributed by atoms with Gasteiger partial charge in [-0.2, -0.15) is 0 Å². The van der Waals surface area contributed by atoms with E-state index < -0.39 is 5.97 Å². The predicted molar refractivity (Wildman–Crippen MR) is 65.3 cm³/mol. The van der Waals surface area contributed by atoms with Gasteiger partial charge in [0.15, 0.2) is 0 Å². The van der Waals surface area contributed by atoms with Crippen molar-refractivity contribution in [2.24, 2.45) is 5.92 Å². The SMILES string of the molecule is CCCCOc1ccc(C2CC2C(=O)O)cc1. The minimum Gasteiger partial charge on any atom is -0.494 e. The van der Waals surface area contributed by atoms with Crippen molar-refractivity contribution < 1.29 is 14.6 Å². The molecule has 0 aromatic heterocycles. The summed E-state index contributed by atoms with van der Waals surface area (Å²) in [4.78, 5) is 10.8. The molecule has 1 saturated carbocycles. The zero-order chi connectivity index (χ0) is 12.3. The summed E-state index contributed by atoms with van der Waals surface area (Å²) in [6, 6.07) is 7.83. The molecule has 0 spiro atoms. The largest absolute Gasteiger partial charge is 0.494 e.